The van der Waals surface area contributed by atoms with E-state index in [4.69, 9.17) is 9.72 Å². The molecule has 4 heterocycles. The standard InChI is InChI=1S/C31H29F3N8O3S/c1-19-15-25-36-27(29-37-30(31(32,33)34)38-41(29)16-21-11-13-23(45-5)14-12-21)28(24-17-40(18-35-24)46(43,44)39(3)4)42(25)20(2)26(19)22-9-7-6-8-10-22/h6-15,17-18H,16H2,1-5H3. The third kappa shape index (κ3) is 5.41. The van der Waals surface area contributed by atoms with Crippen molar-refractivity contribution in [2.75, 3.05) is 21.2 Å². The minimum atomic E-state index is -4.84. The number of rotatable bonds is 8. The van der Waals surface area contributed by atoms with Crippen LogP contribution in [0, 0.1) is 13.8 Å². The average Bonchev–Trinajstić information content (AvgIpc) is 3.75. The summed E-state index contributed by atoms with van der Waals surface area (Å²) in [6, 6.07) is 18.3. The zero-order valence-electron chi connectivity index (χ0n) is 25.5. The van der Waals surface area contributed by atoms with Crippen LogP contribution in [0.1, 0.15) is 22.6 Å². The highest BCUT2D eigenvalue weighted by molar-refractivity contribution is 7.87. The van der Waals surface area contributed by atoms with Crippen molar-refractivity contribution in [2.45, 2.75) is 26.6 Å². The van der Waals surface area contributed by atoms with Gasteiger partial charge in [-0.1, -0.05) is 42.5 Å². The number of benzene rings is 2. The Balaban J connectivity index is 1.65. The van der Waals surface area contributed by atoms with Crippen molar-refractivity contribution in [3.05, 3.63) is 95.8 Å². The molecular weight excluding hydrogens is 621 g/mol. The number of pyridine rings is 1. The molecule has 2 aromatic carbocycles. The zero-order valence-corrected chi connectivity index (χ0v) is 26.3. The lowest BCUT2D eigenvalue weighted by Gasteiger charge is -2.14. The molecule has 0 spiro atoms. The molecule has 4 aromatic heterocycles. The lowest BCUT2D eigenvalue weighted by molar-refractivity contribution is -0.144. The predicted octanol–water partition coefficient (Wildman–Crippen LogP) is 5.47. The second-order valence-corrected chi connectivity index (χ2v) is 12.8. The van der Waals surface area contributed by atoms with Crippen molar-refractivity contribution in [3.63, 3.8) is 0 Å². The number of aryl methyl sites for hydroxylation is 2. The van der Waals surface area contributed by atoms with E-state index in [0.29, 0.717) is 17.0 Å². The Labute approximate surface area is 262 Å². The zero-order chi connectivity index (χ0) is 33.0. The van der Waals surface area contributed by atoms with Crippen LogP contribution < -0.4 is 4.74 Å². The van der Waals surface area contributed by atoms with Gasteiger partial charge in [-0.25, -0.2) is 23.6 Å². The molecule has 0 bridgehead atoms. The van der Waals surface area contributed by atoms with Gasteiger partial charge in [0.2, 0.25) is 0 Å². The lowest BCUT2D eigenvalue weighted by atomic mass is 9.99. The number of hydrogen-bond donors (Lipinski definition) is 0. The van der Waals surface area contributed by atoms with E-state index < -0.39 is 22.2 Å². The minimum Gasteiger partial charge on any atom is -0.497 e. The Morgan fingerprint density at radius 1 is 0.978 bits per heavy atom. The van der Waals surface area contributed by atoms with Gasteiger partial charge >= 0.3 is 16.4 Å². The minimum absolute atomic E-state index is 0.0525. The van der Waals surface area contributed by atoms with Gasteiger partial charge in [-0.05, 0) is 48.7 Å². The molecule has 0 saturated carbocycles. The van der Waals surface area contributed by atoms with Gasteiger partial charge in [0.05, 0.1) is 19.9 Å². The topological polar surface area (TPSA) is 112 Å². The van der Waals surface area contributed by atoms with Crippen LogP contribution in [0.2, 0.25) is 0 Å². The lowest BCUT2D eigenvalue weighted by Crippen LogP contribution is -2.27. The Morgan fingerprint density at radius 2 is 1.67 bits per heavy atom. The molecule has 0 aliphatic heterocycles. The van der Waals surface area contributed by atoms with Crippen LogP contribution in [0.5, 0.6) is 5.75 Å². The van der Waals surface area contributed by atoms with Crippen molar-refractivity contribution >= 4 is 15.9 Å². The molecule has 6 aromatic rings. The van der Waals surface area contributed by atoms with E-state index in [2.05, 4.69) is 15.1 Å². The maximum Gasteiger partial charge on any atom is 0.453 e. The molecule has 0 aliphatic carbocycles. The highest BCUT2D eigenvalue weighted by atomic mass is 32.2. The van der Waals surface area contributed by atoms with E-state index >= 15 is 0 Å². The summed E-state index contributed by atoms with van der Waals surface area (Å²) >= 11 is 0. The number of aromatic nitrogens is 7. The number of alkyl halides is 3. The van der Waals surface area contributed by atoms with Gasteiger partial charge in [0.15, 0.2) is 5.82 Å². The van der Waals surface area contributed by atoms with Crippen LogP contribution >= 0.6 is 0 Å². The van der Waals surface area contributed by atoms with Crippen molar-refractivity contribution in [2.24, 2.45) is 0 Å². The fourth-order valence-electron chi connectivity index (χ4n) is 5.37. The molecule has 0 saturated heterocycles. The third-order valence-electron chi connectivity index (χ3n) is 7.56. The molecule has 0 aliphatic rings. The quantitative estimate of drug-likeness (QED) is 0.215. The normalized spacial score (nSPS) is 12.4. The van der Waals surface area contributed by atoms with E-state index in [0.717, 1.165) is 41.7 Å². The van der Waals surface area contributed by atoms with Gasteiger partial charge in [-0.2, -0.15) is 25.9 Å². The summed E-state index contributed by atoms with van der Waals surface area (Å²) in [6.45, 7) is 3.73. The summed E-state index contributed by atoms with van der Waals surface area (Å²) in [6.07, 6.45) is -2.40. The second kappa shape index (κ2) is 11.4. The molecule has 0 fully saturated rings. The van der Waals surface area contributed by atoms with Gasteiger partial charge in [0.25, 0.3) is 5.82 Å². The summed E-state index contributed by atoms with van der Waals surface area (Å²) in [5.41, 5.74) is 4.94. The van der Waals surface area contributed by atoms with Gasteiger partial charge in [-0.15, -0.1) is 5.10 Å². The first-order valence-corrected chi connectivity index (χ1v) is 15.4. The molecule has 0 amide bonds. The summed E-state index contributed by atoms with van der Waals surface area (Å²) < 4.78 is 78.2. The molecular formula is C31H29F3N8O3S. The number of imidazole rings is 2. The second-order valence-electron chi connectivity index (χ2n) is 10.8. The SMILES string of the molecule is COc1ccc(Cn2nc(C(F)(F)F)nc2-c2nc3cc(C)c(-c4ccccc4)c(C)n3c2-c2cn(S(=O)(=O)N(C)C)cn2)cc1. The van der Waals surface area contributed by atoms with E-state index in [1.54, 1.807) is 28.7 Å². The molecule has 46 heavy (non-hydrogen) atoms. The summed E-state index contributed by atoms with van der Waals surface area (Å²) in [7, 11) is 0.333. The number of fused-ring (bicyclic) bond motifs is 1. The van der Waals surface area contributed by atoms with Gasteiger partial charge in [0.1, 0.15) is 34.8 Å². The van der Waals surface area contributed by atoms with Crippen LogP contribution in [0.15, 0.2) is 73.2 Å². The van der Waals surface area contributed by atoms with Gasteiger partial charge < -0.3 is 4.74 Å². The van der Waals surface area contributed by atoms with Crippen molar-refractivity contribution in [1.82, 2.24) is 37.4 Å². The van der Waals surface area contributed by atoms with Gasteiger partial charge in [0, 0.05) is 25.4 Å². The van der Waals surface area contributed by atoms with E-state index in [-0.39, 0.29) is 29.5 Å². The number of halogens is 3. The summed E-state index contributed by atoms with van der Waals surface area (Å²) in [5, 5.41) is 3.85. The van der Waals surface area contributed by atoms with Crippen molar-refractivity contribution in [3.8, 4) is 39.8 Å². The first kappa shape index (κ1) is 31.0. The van der Waals surface area contributed by atoms with E-state index in [1.807, 2.05) is 50.2 Å². The van der Waals surface area contributed by atoms with E-state index in [1.165, 1.54) is 27.4 Å². The molecule has 6 rings (SSSR count). The number of nitrogens with zero attached hydrogens (tertiary/aromatic N) is 8. The molecule has 11 nitrogen and oxygen atoms in total. The predicted molar refractivity (Wildman–Crippen MR) is 165 cm³/mol. The molecule has 15 heteroatoms. The van der Waals surface area contributed by atoms with Crippen LogP contribution in [0.25, 0.3) is 39.7 Å². The Kier molecular flexibility index (Phi) is 7.68. The van der Waals surface area contributed by atoms with Crippen LogP contribution in [-0.2, 0) is 22.9 Å². The molecule has 0 unspecified atom stereocenters. The summed E-state index contributed by atoms with van der Waals surface area (Å²) in [4.78, 5) is 13.1. The maximum atomic E-state index is 14.1. The number of ether oxygens (including phenoxy) is 1. The van der Waals surface area contributed by atoms with E-state index in [9.17, 15) is 21.6 Å². The Bertz CT molecular complexity index is 2170. The Hall–Kier alpha value is -5.02. The summed E-state index contributed by atoms with van der Waals surface area (Å²) in [5.74, 6) is -0.910. The van der Waals surface area contributed by atoms with Gasteiger partial charge in [-0.3, -0.25) is 4.40 Å². The van der Waals surface area contributed by atoms with Crippen molar-refractivity contribution in [1.29, 1.82) is 0 Å². The average molecular weight is 651 g/mol. The monoisotopic (exact) mass is 650 g/mol. The maximum absolute atomic E-state index is 14.1. The molecule has 0 atom stereocenters. The first-order valence-electron chi connectivity index (χ1n) is 14.0. The van der Waals surface area contributed by atoms with Crippen molar-refractivity contribution < 1.29 is 26.3 Å². The number of methoxy groups -OCH3 is 1. The Morgan fingerprint density at radius 3 is 2.30 bits per heavy atom. The fourth-order valence-corrected chi connectivity index (χ4v) is 6.14. The largest absolute Gasteiger partial charge is 0.497 e. The smallest absolute Gasteiger partial charge is 0.453 e. The fraction of sp³-hybridized carbons (Fsp3) is 0.226. The molecule has 0 radical (unpaired) electrons. The highest BCUT2D eigenvalue weighted by Crippen LogP contribution is 2.38. The van der Waals surface area contributed by atoms with Crippen LogP contribution in [0.4, 0.5) is 13.2 Å². The number of hydrogen-bond acceptors (Lipinski definition) is 7. The third-order valence-corrected chi connectivity index (χ3v) is 9.22. The van der Waals surface area contributed by atoms with Crippen LogP contribution in [-0.4, -0.2) is 67.0 Å². The molecule has 0 N–H and O–H groups in total. The molecule has 238 valence electrons. The highest BCUT2D eigenvalue weighted by Gasteiger charge is 2.38. The first-order chi connectivity index (χ1) is 21.8. The van der Waals surface area contributed by atoms with Crippen LogP contribution in [0.3, 0.4) is 0 Å².